The normalized spacial score (nSPS) is 13.6. The Morgan fingerprint density at radius 1 is 1.30 bits per heavy atom. The van der Waals surface area contributed by atoms with Crippen molar-refractivity contribution in [3.8, 4) is 0 Å². The standard InChI is InChI=1S/C18H17BrN6O2/c1-11(26)21-14-5-3-4-12-6-7-25(23(2)17(12)14)18(27)15-8-16-20-9-13(19)10-24(16)22-15/h3-5,8-10H,6-7H2,1-2H3,(H,21,26). The molecule has 1 N–H and O–H groups in total. The number of hydrogen-bond donors (Lipinski definition) is 1. The summed E-state index contributed by atoms with van der Waals surface area (Å²) in [6.07, 6.45) is 4.10. The van der Waals surface area contributed by atoms with Crippen LogP contribution in [0.5, 0.6) is 0 Å². The van der Waals surface area contributed by atoms with Gasteiger partial charge in [0, 0.05) is 39.0 Å². The third-order valence-corrected chi connectivity index (χ3v) is 4.85. The summed E-state index contributed by atoms with van der Waals surface area (Å²) in [4.78, 5) is 28.9. The third kappa shape index (κ3) is 3.14. The van der Waals surface area contributed by atoms with E-state index in [1.807, 2.05) is 25.2 Å². The Kier molecular flexibility index (Phi) is 4.31. The van der Waals surface area contributed by atoms with Crippen LogP contribution in [0.4, 0.5) is 11.4 Å². The van der Waals surface area contributed by atoms with Crippen molar-refractivity contribution in [1.29, 1.82) is 0 Å². The summed E-state index contributed by atoms with van der Waals surface area (Å²) in [5, 5.41) is 10.6. The lowest BCUT2D eigenvalue weighted by Crippen LogP contribution is -2.49. The zero-order chi connectivity index (χ0) is 19.1. The Bertz CT molecular complexity index is 1060. The molecule has 0 aliphatic carbocycles. The number of nitrogens with zero attached hydrogens (tertiary/aromatic N) is 5. The van der Waals surface area contributed by atoms with Crippen molar-refractivity contribution in [2.75, 3.05) is 23.9 Å². The smallest absolute Gasteiger partial charge is 0.292 e. The highest BCUT2D eigenvalue weighted by Crippen LogP contribution is 2.34. The first kappa shape index (κ1) is 17.5. The van der Waals surface area contributed by atoms with Crippen LogP contribution >= 0.6 is 15.9 Å². The van der Waals surface area contributed by atoms with E-state index in [0.717, 1.165) is 15.7 Å². The summed E-state index contributed by atoms with van der Waals surface area (Å²) in [7, 11) is 1.81. The first-order valence-corrected chi connectivity index (χ1v) is 9.19. The molecule has 138 valence electrons. The average Bonchev–Trinajstić information content (AvgIpc) is 3.04. The van der Waals surface area contributed by atoms with Gasteiger partial charge >= 0.3 is 0 Å². The average molecular weight is 429 g/mol. The van der Waals surface area contributed by atoms with Gasteiger partial charge in [-0.3, -0.25) is 14.6 Å². The lowest BCUT2D eigenvalue weighted by Gasteiger charge is -2.39. The number of carbonyl (C=O) groups is 2. The molecule has 0 saturated carbocycles. The van der Waals surface area contributed by atoms with Crippen molar-refractivity contribution in [2.45, 2.75) is 13.3 Å². The number of halogens is 1. The zero-order valence-electron chi connectivity index (χ0n) is 14.8. The lowest BCUT2D eigenvalue weighted by atomic mass is 10.0. The van der Waals surface area contributed by atoms with E-state index in [1.165, 1.54) is 6.92 Å². The minimum Gasteiger partial charge on any atom is -0.324 e. The minimum absolute atomic E-state index is 0.155. The van der Waals surface area contributed by atoms with Gasteiger partial charge in [-0.15, -0.1) is 0 Å². The fraction of sp³-hybridized carbons (Fsp3) is 0.222. The van der Waals surface area contributed by atoms with E-state index in [1.54, 1.807) is 33.0 Å². The Balaban J connectivity index is 1.69. The van der Waals surface area contributed by atoms with E-state index < -0.39 is 0 Å². The molecule has 0 atom stereocenters. The molecule has 0 bridgehead atoms. The van der Waals surface area contributed by atoms with Crippen molar-refractivity contribution in [1.82, 2.24) is 19.6 Å². The van der Waals surface area contributed by atoms with Crippen molar-refractivity contribution in [3.05, 3.63) is 52.4 Å². The number of para-hydroxylation sites is 1. The number of amides is 2. The van der Waals surface area contributed by atoms with E-state index in [9.17, 15) is 9.59 Å². The number of carbonyl (C=O) groups excluding carboxylic acids is 2. The predicted molar refractivity (Wildman–Crippen MR) is 105 cm³/mol. The second-order valence-corrected chi connectivity index (χ2v) is 7.22. The van der Waals surface area contributed by atoms with Gasteiger partial charge in [-0.05, 0) is 34.0 Å². The topological polar surface area (TPSA) is 82.8 Å². The molecule has 0 saturated heterocycles. The second-order valence-electron chi connectivity index (χ2n) is 6.30. The molecular formula is C18H17BrN6O2. The van der Waals surface area contributed by atoms with Crippen molar-refractivity contribution < 1.29 is 9.59 Å². The first-order valence-electron chi connectivity index (χ1n) is 8.40. The number of nitrogens with one attached hydrogen (secondary N) is 1. The third-order valence-electron chi connectivity index (χ3n) is 4.44. The van der Waals surface area contributed by atoms with Gasteiger partial charge in [0.1, 0.15) is 0 Å². The summed E-state index contributed by atoms with van der Waals surface area (Å²) in [5.74, 6) is -0.375. The highest BCUT2D eigenvalue weighted by atomic mass is 79.9. The van der Waals surface area contributed by atoms with E-state index in [4.69, 9.17) is 0 Å². The number of hydrazine groups is 1. The predicted octanol–water partition coefficient (Wildman–Crippen LogP) is 2.50. The Labute approximate surface area is 163 Å². The number of fused-ring (bicyclic) bond motifs is 2. The van der Waals surface area contributed by atoms with Gasteiger partial charge in [0.2, 0.25) is 5.91 Å². The summed E-state index contributed by atoms with van der Waals surface area (Å²) < 4.78 is 2.35. The summed E-state index contributed by atoms with van der Waals surface area (Å²) >= 11 is 3.35. The maximum absolute atomic E-state index is 13.1. The molecule has 1 aromatic carbocycles. The van der Waals surface area contributed by atoms with Gasteiger partial charge in [-0.1, -0.05) is 12.1 Å². The highest BCUT2D eigenvalue weighted by Gasteiger charge is 2.30. The van der Waals surface area contributed by atoms with Crippen molar-refractivity contribution in [3.63, 3.8) is 0 Å². The molecule has 8 nitrogen and oxygen atoms in total. The van der Waals surface area contributed by atoms with Crippen LogP contribution in [0.15, 0.2) is 41.1 Å². The summed E-state index contributed by atoms with van der Waals surface area (Å²) in [5.41, 5.74) is 3.49. The fourth-order valence-corrected chi connectivity index (χ4v) is 3.59. The molecule has 1 aliphatic heterocycles. The number of hydrogen-bond acceptors (Lipinski definition) is 5. The van der Waals surface area contributed by atoms with E-state index >= 15 is 0 Å². The minimum atomic E-state index is -0.220. The fourth-order valence-electron chi connectivity index (χ4n) is 3.29. The number of rotatable bonds is 2. The van der Waals surface area contributed by atoms with Crippen LogP contribution in [-0.2, 0) is 11.2 Å². The van der Waals surface area contributed by atoms with Gasteiger partial charge in [0.15, 0.2) is 11.3 Å². The quantitative estimate of drug-likeness (QED) is 0.677. The highest BCUT2D eigenvalue weighted by molar-refractivity contribution is 9.10. The van der Waals surface area contributed by atoms with Gasteiger partial charge in [-0.2, -0.15) is 5.10 Å². The monoisotopic (exact) mass is 428 g/mol. The van der Waals surface area contributed by atoms with Crippen LogP contribution in [0.3, 0.4) is 0 Å². The summed E-state index contributed by atoms with van der Waals surface area (Å²) in [6.45, 7) is 1.99. The molecule has 3 aromatic rings. The van der Waals surface area contributed by atoms with Crippen LogP contribution in [0, 0.1) is 0 Å². The van der Waals surface area contributed by atoms with Crippen LogP contribution in [0.1, 0.15) is 23.0 Å². The second kappa shape index (κ2) is 6.66. The SMILES string of the molecule is CC(=O)Nc1cccc2c1N(C)N(C(=O)c1cc3ncc(Br)cn3n1)CC2. The van der Waals surface area contributed by atoms with Gasteiger partial charge in [0.05, 0.1) is 15.8 Å². The zero-order valence-corrected chi connectivity index (χ0v) is 16.4. The largest absolute Gasteiger partial charge is 0.324 e. The van der Waals surface area contributed by atoms with E-state index in [0.29, 0.717) is 30.0 Å². The molecule has 9 heteroatoms. The molecule has 2 amide bonds. The lowest BCUT2D eigenvalue weighted by molar-refractivity contribution is -0.114. The molecule has 3 heterocycles. The van der Waals surface area contributed by atoms with Crippen LogP contribution in [-0.4, -0.2) is 45.0 Å². The molecule has 2 aromatic heterocycles. The molecule has 0 unspecified atom stereocenters. The first-order chi connectivity index (χ1) is 12.9. The van der Waals surface area contributed by atoms with Crippen LogP contribution in [0.2, 0.25) is 0 Å². The van der Waals surface area contributed by atoms with Crippen LogP contribution < -0.4 is 10.3 Å². The molecule has 0 spiro atoms. The van der Waals surface area contributed by atoms with Gasteiger partial charge in [0.25, 0.3) is 5.91 Å². The Morgan fingerprint density at radius 3 is 2.89 bits per heavy atom. The number of anilines is 2. The molecule has 0 fully saturated rings. The van der Waals surface area contributed by atoms with Gasteiger partial charge in [-0.25, -0.2) is 14.5 Å². The Hall–Kier alpha value is -2.94. The van der Waals surface area contributed by atoms with E-state index in [2.05, 4.69) is 31.3 Å². The van der Waals surface area contributed by atoms with Crippen molar-refractivity contribution in [2.24, 2.45) is 0 Å². The molecule has 1 aliphatic rings. The number of aromatic nitrogens is 3. The molecule has 4 rings (SSSR count). The number of benzene rings is 1. The molecular weight excluding hydrogens is 412 g/mol. The maximum Gasteiger partial charge on any atom is 0.292 e. The Morgan fingerprint density at radius 2 is 2.11 bits per heavy atom. The van der Waals surface area contributed by atoms with Crippen molar-refractivity contribution >= 4 is 44.8 Å². The molecule has 27 heavy (non-hydrogen) atoms. The maximum atomic E-state index is 13.1. The summed E-state index contributed by atoms with van der Waals surface area (Å²) in [6, 6.07) is 7.40. The van der Waals surface area contributed by atoms with Crippen LogP contribution in [0.25, 0.3) is 5.65 Å². The van der Waals surface area contributed by atoms with E-state index in [-0.39, 0.29) is 11.8 Å². The van der Waals surface area contributed by atoms with Gasteiger partial charge < -0.3 is 5.32 Å². The molecule has 0 radical (unpaired) electrons.